The first kappa shape index (κ1) is 11.8. The second kappa shape index (κ2) is 5.11. The van der Waals surface area contributed by atoms with Crippen LogP contribution in [0.2, 0.25) is 0 Å². The lowest BCUT2D eigenvalue weighted by Gasteiger charge is -2.20. The van der Waals surface area contributed by atoms with Crippen LogP contribution >= 0.6 is 11.6 Å². The molecule has 0 spiro atoms. The quantitative estimate of drug-likeness (QED) is 0.755. The van der Waals surface area contributed by atoms with E-state index in [0.717, 1.165) is 5.56 Å². The zero-order valence-electron chi connectivity index (χ0n) is 9.50. The van der Waals surface area contributed by atoms with Crippen molar-refractivity contribution in [3.8, 4) is 17.6 Å². The van der Waals surface area contributed by atoms with Gasteiger partial charge < -0.3 is 9.47 Å². The fraction of sp³-hybridized carbons (Fsp3) is 0.308. The summed E-state index contributed by atoms with van der Waals surface area (Å²) < 4.78 is 11.0. The van der Waals surface area contributed by atoms with Crippen molar-refractivity contribution < 1.29 is 9.47 Å². The highest BCUT2D eigenvalue weighted by Crippen LogP contribution is 2.40. The van der Waals surface area contributed by atoms with Crippen molar-refractivity contribution in [1.82, 2.24) is 0 Å². The zero-order valence-corrected chi connectivity index (χ0v) is 10.3. The molecule has 1 aliphatic heterocycles. The third-order valence-electron chi connectivity index (χ3n) is 2.56. The van der Waals surface area contributed by atoms with Gasteiger partial charge in [-0.25, -0.2) is 0 Å². The first-order valence-corrected chi connectivity index (χ1v) is 5.83. The Hall–Kier alpha value is -1.66. The molecule has 0 N–H and O–H groups in total. The molecule has 88 valence electrons. The van der Waals surface area contributed by atoms with E-state index in [1.54, 1.807) is 0 Å². The number of nitrogens with zero attached hydrogens (tertiary/aromatic N) is 1. The number of halogens is 1. The van der Waals surface area contributed by atoms with Crippen molar-refractivity contribution in [2.45, 2.75) is 13.3 Å². The number of hydrogen-bond acceptors (Lipinski definition) is 3. The fourth-order valence-electron chi connectivity index (χ4n) is 1.69. The molecule has 0 fully saturated rings. The maximum Gasteiger partial charge on any atom is 0.170 e. The van der Waals surface area contributed by atoms with Crippen molar-refractivity contribution in [2.24, 2.45) is 0 Å². The standard InChI is InChI=1S/C13H12ClNO2/c1-2-9(8-15)12(14)10-4-3-5-11-13(10)17-7-6-16-11/h3-5H,2,6-7H2,1H3. The van der Waals surface area contributed by atoms with Gasteiger partial charge in [-0.05, 0) is 18.6 Å². The van der Waals surface area contributed by atoms with E-state index in [2.05, 4.69) is 6.07 Å². The largest absolute Gasteiger partial charge is 0.486 e. The molecule has 1 aromatic carbocycles. The summed E-state index contributed by atoms with van der Waals surface area (Å²) in [6.07, 6.45) is 0.597. The van der Waals surface area contributed by atoms with E-state index in [1.165, 1.54) is 0 Å². The molecule has 0 saturated heterocycles. The van der Waals surface area contributed by atoms with Crippen LogP contribution in [0.5, 0.6) is 11.5 Å². The van der Waals surface area contributed by atoms with Crippen LogP contribution in [0.1, 0.15) is 18.9 Å². The second-order valence-electron chi connectivity index (χ2n) is 3.59. The van der Waals surface area contributed by atoms with Crippen LogP contribution in [-0.2, 0) is 0 Å². The van der Waals surface area contributed by atoms with Gasteiger partial charge in [0, 0.05) is 11.1 Å². The van der Waals surface area contributed by atoms with Gasteiger partial charge in [0.15, 0.2) is 11.5 Å². The predicted molar refractivity (Wildman–Crippen MR) is 66.1 cm³/mol. The molecule has 0 bridgehead atoms. The molecule has 0 radical (unpaired) electrons. The third kappa shape index (κ3) is 2.22. The summed E-state index contributed by atoms with van der Waals surface area (Å²) in [6.45, 7) is 2.94. The Morgan fingerprint density at radius 1 is 1.41 bits per heavy atom. The monoisotopic (exact) mass is 249 g/mol. The van der Waals surface area contributed by atoms with Crippen LogP contribution in [0.15, 0.2) is 23.8 Å². The molecule has 17 heavy (non-hydrogen) atoms. The first-order chi connectivity index (χ1) is 8.27. The number of benzene rings is 1. The number of para-hydroxylation sites is 1. The molecule has 3 nitrogen and oxygen atoms in total. The van der Waals surface area contributed by atoms with Crippen LogP contribution < -0.4 is 9.47 Å². The molecular formula is C13H12ClNO2. The number of nitriles is 1. The van der Waals surface area contributed by atoms with E-state index in [9.17, 15) is 0 Å². The summed E-state index contributed by atoms with van der Waals surface area (Å²) in [4.78, 5) is 0. The summed E-state index contributed by atoms with van der Waals surface area (Å²) in [5.74, 6) is 1.31. The summed E-state index contributed by atoms with van der Waals surface area (Å²) in [6, 6.07) is 7.62. The van der Waals surface area contributed by atoms with E-state index in [1.807, 2.05) is 25.1 Å². The van der Waals surface area contributed by atoms with Crippen LogP contribution in [0.3, 0.4) is 0 Å². The van der Waals surface area contributed by atoms with Gasteiger partial charge in [0.1, 0.15) is 13.2 Å². The van der Waals surface area contributed by atoms with E-state index in [0.29, 0.717) is 41.7 Å². The van der Waals surface area contributed by atoms with Crippen LogP contribution in [0.4, 0.5) is 0 Å². The van der Waals surface area contributed by atoms with Gasteiger partial charge in [0.05, 0.1) is 11.1 Å². The second-order valence-corrected chi connectivity index (χ2v) is 3.97. The van der Waals surface area contributed by atoms with Crippen molar-refractivity contribution >= 4 is 16.6 Å². The Balaban J connectivity index is 2.53. The van der Waals surface area contributed by atoms with Gasteiger partial charge in [-0.3, -0.25) is 0 Å². The smallest absolute Gasteiger partial charge is 0.170 e. The molecule has 0 amide bonds. The molecule has 0 unspecified atom stereocenters. The van der Waals surface area contributed by atoms with Crippen LogP contribution in [0, 0.1) is 11.3 Å². The molecule has 0 aromatic heterocycles. The molecule has 1 aliphatic rings. The maximum absolute atomic E-state index is 9.00. The summed E-state index contributed by atoms with van der Waals surface area (Å²) in [7, 11) is 0. The van der Waals surface area contributed by atoms with Crippen molar-refractivity contribution in [1.29, 1.82) is 5.26 Å². The predicted octanol–water partition coefficient (Wildman–Crippen LogP) is 3.34. The molecule has 2 rings (SSSR count). The molecule has 1 aromatic rings. The minimum absolute atomic E-state index is 0.442. The van der Waals surface area contributed by atoms with E-state index < -0.39 is 0 Å². The molecule has 0 atom stereocenters. The maximum atomic E-state index is 9.00. The van der Waals surface area contributed by atoms with Gasteiger partial charge in [-0.15, -0.1) is 0 Å². The average Bonchev–Trinajstić information content (AvgIpc) is 2.39. The topological polar surface area (TPSA) is 42.2 Å². The van der Waals surface area contributed by atoms with Crippen LogP contribution in [0.25, 0.3) is 5.03 Å². The minimum Gasteiger partial charge on any atom is -0.486 e. The lowest BCUT2D eigenvalue weighted by molar-refractivity contribution is 0.171. The summed E-state index contributed by atoms with van der Waals surface area (Å²) in [5, 5.41) is 9.44. The van der Waals surface area contributed by atoms with Gasteiger partial charge in [-0.1, -0.05) is 24.6 Å². The Morgan fingerprint density at radius 3 is 2.88 bits per heavy atom. The van der Waals surface area contributed by atoms with E-state index >= 15 is 0 Å². The highest BCUT2D eigenvalue weighted by atomic mass is 35.5. The number of rotatable bonds is 2. The number of fused-ring (bicyclic) bond motifs is 1. The fourth-order valence-corrected chi connectivity index (χ4v) is 2.02. The Bertz CT molecular complexity index is 503. The van der Waals surface area contributed by atoms with Crippen molar-refractivity contribution in [3.05, 3.63) is 29.3 Å². The average molecular weight is 250 g/mol. The highest BCUT2D eigenvalue weighted by molar-refractivity contribution is 6.49. The summed E-state index contributed by atoms with van der Waals surface area (Å²) in [5.41, 5.74) is 1.27. The number of allylic oxidation sites excluding steroid dienone is 1. The molecule has 0 aliphatic carbocycles. The summed E-state index contributed by atoms with van der Waals surface area (Å²) >= 11 is 6.23. The third-order valence-corrected chi connectivity index (χ3v) is 2.99. The van der Waals surface area contributed by atoms with Crippen LogP contribution in [-0.4, -0.2) is 13.2 Å². The molecule has 4 heteroatoms. The first-order valence-electron chi connectivity index (χ1n) is 5.45. The normalized spacial score (nSPS) is 14.9. The van der Waals surface area contributed by atoms with Crippen molar-refractivity contribution in [3.63, 3.8) is 0 Å². The van der Waals surface area contributed by atoms with Gasteiger partial charge >= 0.3 is 0 Å². The van der Waals surface area contributed by atoms with Gasteiger partial charge in [0.25, 0.3) is 0 Å². The number of ether oxygens (including phenoxy) is 2. The van der Waals surface area contributed by atoms with Gasteiger partial charge in [0.2, 0.25) is 0 Å². The van der Waals surface area contributed by atoms with E-state index in [4.69, 9.17) is 26.3 Å². The lowest BCUT2D eigenvalue weighted by atomic mass is 10.1. The zero-order chi connectivity index (χ0) is 12.3. The molecule has 0 saturated carbocycles. The molecule has 1 heterocycles. The van der Waals surface area contributed by atoms with Crippen molar-refractivity contribution in [2.75, 3.05) is 13.2 Å². The van der Waals surface area contributed by atoms with E-state index in [-0.39, 0.29) is 0 Å². The Morgan fingerprint density at radius 2 is 2.18 bits per heavy atom. The molecular weight excluding hydrogens is 238 g/mol. The number of hydrogen-bond donors (Lipinski definition) is 0. The lowest BCUT2D eigenvalue weighted by Crippen LogP contribution is -2.16. The Kier molecular flexibility index (Phi) is 3.55. The Labute approximate surface area is 105 Å². The van der Waals surface area contributed by atoms with Gasteiger partial charge in [-0.2, -0.15) is 5.26 Å². The highest BCUT2D eigenvalue weighted by Gasteiger charge is 2.18. The minimum atomic E-state index is 0.442. The SMILES string of the molecule is CCC(C#N)=C(Cl)c1cccc2c1OCCO2.